The van der Waals surface area contributed by atoms with E-state index in [4.69, 9.17) is 5.26 Å². The molecule has 0 aromatic heterocycles. The zero-order chi connectivity index (χ0) is 22.2. The van der Waals surface area contributed by atoms with Crippen LogP contribution in [0.3, 0.4) is 0 Å². The number of nitriles is 1. The second-order valence-corrected chi connectivity index (χ2v) is 8.69. The molecule has 2 amide bonds. The molecule has 5 heteroatoms. The molecule has 32 heavy (non-hydrogen) atoms. The van der Waals surface area contributed by atoms with Crippen LogP contribution in [0.4, 0.5) is 5.69 Å². The van der Waals surface area contributed by atoms with E-state index < -0.39 is 17.3 Å². The number of carbonyl (C=O) groups excluding carboxylic acids is 3. The molecule has 0 saturated carbocycles. The highest BCUT2D eigenvalue weighted by Gasteiger charge is 2.69. The SMILES string of the molecule is CC(=O)C12c3ccccc3C(c3ccccc31)[C@H]1C(=O)N(c3ccc(C#N)cc3)C(=O)[C@@H]12. The van der Waals surface area contributed by atoms with Gasteiger partial charge in [0.2, 0.25) is 11.8 Å². The van der Waals surface area contributed by atoms with Gasteiger partial charge in [-0.25, -0.2) is 4.90 Å². The maximum Gasteiger partial charge on any atom is 0.239 e. The maximum absolute atomic E-state index is 13.9. The molecule has 3 aromatic carbocycles. The van der Waals surface area contributed by atoms with Crippen LogP contribution in [0.2, 0.25) is 0 Å². The van der Waals surface area contributed by atoms with E-state index in [0.29, 0.717) is 11.3 Å². The van der Waals surface area contributed by atoms with Gasteiger partial charge in [0.05, 0.1) is 34.6 Å². The van der Waals surface area contributed by atoms with Crippen molar-refractivity contribution in [2.45, 2.75) is 18.3 Å². The molecule has 0 N–H and O–H groups in total. The molecule has 5 nitrogen and oxygen atoms in total. The minimum atomic E-state index is -1.19. The Labute approximate surface area is 184 Å². The van der Waals surface area contributed by atoms with Gasteiger partial charge in [0.1, 0.15) is 5.78 Å². The first-order valence-electron chi connectivity index (χ1n) is 10.6. The summed E-state index contributed by atoms with van der Waals surface area (Å²) in [6.45, 7) is 1.53. The van der Waals surface area contributed by atoms with Crippen LogP contribution in [0.1, 0.15) is 40.7 Å². The predicted octanol–water partition coefficient (Wildman–Crippen LogP) is 3.70. The van der Waals surface area contributed by atoms with Gasteiger partial charge in [0, 0.05) is 5.92 Å². The Bertz CT molecular complexity index is 1340. The van der Waals surface area contributed by atoms with Gasteiger partial charge in [0.15, 0.2) is 0 Å². The van der Waals surface area contributed by atoms with E-state index in [0.717, 1.165) is 22.3 Å². The number of nitrogens with zero attached hydrogens (tertiary/aromatic N) is 2. The zero-order valence-corrected chi connectivity index (χ0v) is 17.3. The number of rotatable bonds is 2. The first kappa shape index (κ1) is 18.7. The van der Waals surface area contributed by atoms with Crippen LogP contribution < -0.4 is 4.90 Å². The third-order valence-electron chi connectivity index (χ3n) is 7.43. The number of ketones is 1. The summed E-state index contributed by atoms with van der Waals surface area (Å²) in [5, 5.41) is 9.10. The summed E-state index contributed by atoms with van der Waals surface area (Å²) in [6.07, 6.45) is 0. The molecule has 1 saturated heterocycles. The Morgan fingerprint density at radius 2 is 1.44 bits per heavy atom. The van der Waals surface area contributed by atoms with Gasteiger partial charge in [0.25, 0.3) is 0 Å². The van der Waals surface area contributed by atoms with Gasteiger partial charge < -0.3 is 0 Å². The monoisotopic (exact) mass is 418 g/mol. The van der Waals surface area contributed by atoms with Crippen molar-refractivity contribution in [1.82, 2.24) is 0 Å². The van der Waals surface area contributed by atoms with Crippen LogP contribution in [0.5, 0.6) is 0 Å². The number of anilines is 1. The van der Waals surface area contributed by atoms with E-state index in [2.05, 4.69) is 6.07 Å². The van der Waals surface area contributed by atoms with Gasteiger partial charge in [-0.1, -0.05) is 48.5 Å². The zero-order valence-electron chi connectivity index (χ0n) is 17.3. The third kappa shape index (κ3) is 2.00. The normalized spacial score (nSPS) is 26.9. The van der Waals surface area contributed by atoms with Gasteiger partial charge in [-0.2, -0.15) is 5.26 Å². The van der Waals surface area contributed by atoms with E-state index in [1.165, 1.54) is 11.8 Å². The Hall–Kier alpha value is -4.04. The number of carbonyl (C=O) groups is 3. The minimum Gasteiger partial charge on any atom is -0.299 e. The average Bonchev–Trinajstić information content (AvgIpc) is 3.09. The lowest BCUT2D eigenvalue weighted by molar-refractivity contribution is -0.132. The van der Waals surface area contributed by atoms with E-state index in [9.17, 15) is 14.4 Å². The molecule has 0 unspecified atom stereocenters. The quantitative estimate of drug-likeness (QED) is 0.595. The highest BCUT2D eigenvalue weighted by Crippen LogP contribution is 2.64. The molecule has 2 bridgehead atoms. The second kappa shape index (κ2) is 6.24. The molecule has 2 atom stereocenters. The van der Waals surface area contributed by atoms with Gasteiger partial charge in [-0.15, -0.1) is 0 Å². The molecule has 1 aliphatic heterocycles. The summed E-state index contributed by atoms with van der Waals surface area (Å²) in [5.41, 5.74) is 3.25. The first-order chi connectivity index (χ1) is 15.5. The molecule has 154 valence electrons. The van der Waals surface area contributed by atoms with Gasteiger partial charge in [-0.05, 0) is 53.4 Å². The van der Waals surface area contributed by atoms with Crippen molar-refractivity contribution in [3.63, 3.8) is 0 Å². The minimum absolute atomic E-state index is 0.131. The van der Waals surface area contributed by atoms with E-state index in [1.807, 2.05) is 48.5 Å². The number of benzene rings is 3. The molecule has 3 aromatic rings. The van der Waals surface area contributed by atoms with Crippen LogP contribution in [-0.4, -0.2) is 17.6 Å². The Morgan fingerprint density at radius 3 is 1.97 bits per heavy atom. The summed E-state index contributed by atoms with van der Waals surface area (Å²) >= 11 is 0. The summed E-state index contributed by atoms with van der Waals surface area (Å²) in [5.74, 6) is -2.50. The average molecular weight is 418 g/mol. The molecular weight excluding hydrogens is 400 g/mol. The summed E-state index contributed by atoms with van der Waals surface area (Å²) in [7, 11) is 0. The van der Waals surface area contributed by atoms with Crippen molar-refractivity contribution in [2.24, 2.45) is 11.8 Å². The molecular formula is C27H18N2O3. The van der Waals surface area contributed by atoms with Crippen LogP contribution in [-0.2, 0) is 19.8 Å². The number of Topliss-reactive ketones (excluding diaryl/α,β-unsaturated/α-hetero) is 1. The van der Waals surface area contributed by atoms with Crippen LogP contribution in [0.25, 0.3) is 0 Å². The summed E-state index contributed by atoms with van der Waals surface area (Å²) in [4.78, 5) is 42.4. The predicted molar refractivity (Wildman–Crippen MR) is 117 cm³/mol. The van der Waals surface area contributed by atoms with E-state index in [-0.39, 0.29) is 23.5 Å². The highest BCUT2D eigenvalue weighted by molar-refractivity contribution is 6.25. The fraction of sp³-hybridized carbons (Fsp3) is 0.185. The largest absolute Gasteiger partial charge is 0.299 e. The van der Waals surface area contributed by atoms with E-state index in [1.54, 1.807) is 24.3 Å². The highest BCUT2D eigenvalue weighted by atomic mass is 16.2. The Morgan fingerprint density at radius 1 is 0.875 bits per heavy atom. The molecule has 7 rings (SSSR count). The van der Waals surface area contributed by atoms with Gasteiger partial charge in [-0.3, -0.25) is 14.4 Å². The number of hydrogen-bond acceptors (Lipinski definition) is 4. The van der Waals surface area contributed by atoms with Crippen LogP contribution >= 0.6 is 0 Å². The Kier molecular flexibility index (Phi) is 3.65. The molecule has 4 aliphatic rings. The number of hydrogen-bond donors (Lipinski definition) is 0. The molecule has 3 aliphatic carbocycles. The lowest BCUT2D eigenvalue weighted by Crippen LogP contribution is -2.57. The maximum atomic E-state index is 13.9. The van der Waals surface area contributed by atoms with Gasteiger partial charge >= 0.3 is 0 Å². The number of imide groups is 1. The summed E-state index contributed by atoms with van der Waals surface area (Å²) < 4.78 is 0. The first-order valence-corrected chi connectivity index (χ1v) is 10.6. The van der Waals surface area contributed by atoms with Crippen molar-refractivity contribution in [2.75, 3.05) is 4.90 Å². The smallest absolute Gasteiger partial charge is 0.239 e. The third-order valence-corrected chi connectivity index (χ3v) is 7.43. The van der Waals surface area contributed by atoms with Crippen LogP contribution in [0.15, 0.2) is 72.8 Å². The van der Waals surface area contributed by atoms with E-state index >= 15 is 0 Å². The molecule has 1 heterocycles. The molecule has 1 fully saturated rings. The number of amides is 2. The second-order valence-electron chi connectivity index (χ2n) is 8.69. The van der Waals surface area contributed by atoms with Crippen molar-refractivity contribution >= 4 is 23.3 Å². The fourth-order valence-electron chi connectivity index (χ4n) is 6.31. The lowest BCUT2D eigenvalue weighted by atomic mass is 9.46. The van der Waals surface area contributed by atoms with Crippen molar-refractivity contribution < 1.29 is 14.4 Å². The van der Waals surface area contributed by atoms with Crippen LogP contribution in [0, 0.1) is 23.2 Å². The Balaban J connectivity index is 1.64. The molecule has 0 spiro atoms. The summed E-state index contributed by atoms with van der Waals surface area (Å²) in [6, 6.07) is 23.9. The lowest BCUT2D eigenvalue weighted by Gasteiger charge is -2.52. The van der Waals surface area contributed by atoms with Crippen molar-refractivity contribution in [3.8, 4) is 6.07 Å². The standard InChI is InChI=1S/C27H18N2O3/c1-15(30)27-20-8-4-2-6-18(20)22(19-7-3-5-9-21(19)27)23-24(27)26(32)29(25(23)31)17-12-10-16(14-28)11-13-17/h2-13,22-24H,1H3/t22?,23-,24-,27?/m1/s1. The van der Waals surface area contributed by atoms with Crippen molar-refractivity contribution in [1.29, 1.82) is 5.26 Å². The topological polar surface area (TPSA) is 78.2 Å². The van der Waals surface area contributed by atoms with Crippen molar-refractivity contribution in [3.05, 3.63) is 101 Å². The molecule has 0 radical (unpaired) electrons. The fourth-order valence-corrected chi connectivity index (χ4v) is 6.31.